The lowest BCUT2D eigenvalue weighted by Gasteiger charge is -2.28. The number of aromatic nitrogens is 1. The second kappa shape index (κ2) is 9.58. The number of pyridine rings is 1. The van der Waals surface area contributed by atoms with Crippen molar-refractivity contribution in [2.75, 3.05) is 48.4 Å². The van der Waals surface area contributed by atoms with Crippen molar-refractivity contribution in [1.82, 2.24) is 4.98 Å². The number of nitrogens with zero attached hydrogens (tertiary/aromatic N) is 2. The molecule has 4 rings (SSSR count). The predicted octanol–water partition coefficient (Wildman–Crippen LogP) is 2.60. The highest BCUT2D eigenvalue weighted by Crippen LogP contribution is 2.27. The van der Waals surface area contributed by atoms with Gasteiger partial charge in [-0.25, -0.2) is 4.98 Å². The predicted molar refractivity (Wildman–Crippen MR) is 114 cm³/mol. The lowest BCUT2D eigenvalue weighted by molar-refractivity contribution is -0.117. The Kier molecular flexibility index (Phi) is 6.44. The Morgan fingerprint density at radius 2 is 2.07 bits per heavy atom. The van der Waals surface area contributed by atoms with Gasteiger partial charge in [-0.2, -0.15) is 0 Å². The molecule has 0 aliphatic carbocycles. The van der Waals surface area contributed by atoms with Gasteiger partial charge in [-0.05, 0) is 48.7 Å². The zero-order valence-corrected chi connectivity index (χ0v) is 16.9. The second-order valence-corrected chi connectivity index (χ2v) is 7.37. The van der Waals surface area contributed by atoms with Gasteiger partial charge in [-0.15, -0.1) is 0 Å². The van der Waals surface area contributed by atoms with Crippen LogP contribution in [-0.4, -0.2) is 49.7 Å². The highest BCUT2D eigenvalue weighted by atomic mass is 16.5. The summed E-state index contributed by atoms with van der Waals surface area (Å²) >= 11 is 0. The van der Waals surface area contributed by atoms with E-state index in [9.17, 15) is 9.59 Å². The molecule has 0 radical (unpaired) electrons. The number of hydrogen-bond donors (Lipinski definition) is 2. The molecule has 2 aliphatic rings. The number of hydrogen-bond acceptors (Lipinski definition) is 6. The van der Waals surface area contributed by atoms with Crippen molar-refractivity contribution in [3.63, 3.8) is 0 Å². The number of carbonyl (C=O) groups excluding carboxylic acids is 2. The molecule has 0 atom stereocenters. The van der Waals surface area contributed by atoms with E-state index < -0.39 is 0 Å². The van der Waals surface area contributed by atoms with Crippen LogP contribution < -0.4 is 20.3 Å². The number of aryl methyl sites for hydroxylation is 1. The molecule has 8 nitrogen and oxygen atoms in total. The van der Waals surface area contributed by atoms with E-state index in [1.165, 1.54) is 0 Å². The van der Waals surface area contributed by atoms with Crippen LogP contribution in [0.4, 0.5) is 17.2 Å². The number of carbonyl (C=O) groups is 2. The third kappa shape index (κ3) is 5.27. The molecule has 3 heterocycles. The third-order valence-corrected chi connectivity index (χ3v) is 5.18. The average Bonchev–Trinajstić information content (AvgIpc) is 2.78. The number of morpholine rings is 1. The first-order valence-corrected chi connectivity index (χ1v) is 10.3. The molecule has 158 valence electrons. The number of nitrogens with one attached hydrogen (secondary N) is 2. The maximum atomic E-state index is 12.2. The Morgan fingerprint density at radius 3 is 2.87 bits per heavy atom. The molecule has 2 aromatic rings. The molecule has 0 unspecified atom stereocenters. The first-order valence-electron chi connectivity index (χ1n) is 10.3. The van der Waals surface area contributed by atoms with E-state index in [1.807, 2.05) is 30.3 Å². The number of anilines is 3. The fraction of sp³-hybridized carbons (Fsp3) is 0.409. The summed E-state index contributed by atoms with van der Waals surface area (Å²) in [5.41, 5.74) is 2.97. The van der Waals surface area contributed by atoms with Crippen LogP contribution in [-0.2, 0) is 20.7 Å². The summed E-state index contributed by atoms with van der Waals surface area (Å²) in [7, 11) is 0. The summed E-state index contributed by atoms with van der Waals surface area (Å²) in [6.07, 6.45) is 3.96. The monoisotopic (exact) mass is 410 g/mol. The van der Waals surface area contributed by atoms with E-state index in [4.69, 9.17) is 9.47 Å². The SMILES string of the molecule is O=C(CCCOc1ccc2c(c1)CCC(=O)N2)Nc1ccc(N2CCOCC2)cn1. The molecule has 30 heavy (non-hydrogen) atoms. The van der Waals surface area contributed by atoms with Gasteiger partial charge in [0.1, 0.15) is 11.6 Å². The van der Waals surface area contributed by atoms with E-state index in [1.54, 1.807) is 6.20 Å². The van der Waals surface area contributed by atoms with E-state index in [-0.39, 0.29) is 11.8 Å². The third-order valence-electron chi connectivity index (χ3n) is 5.18. The summed E-state index contributed by atoms with van der Waals surface area (Å²) in [4.78, 5) is 30.1. The minimum absolute atomic E-state index is 0.0485. The van der Waals surface area contributed by atoms with Crippen molar-refractivity contribution >= 4 is 29.0 Å². The molecule has 2 aliphatic heterocycles. The van der Waals surface area contributed by atoms with Crippen molar-refractivity contribution in [3.8, 4) is 5.75 Å². The fourth-order valence-corrected chi connectivity index (χ4v) is 3.55. The van der Waals surface area contributed by atoms with E-state index in [2.05, 4.69) is 20.5 Å². The summed E-state index contributed by atoms with van der Waals surface area (Å²) in [6.45, 7) is 3.60. The molecule has 0 spiro atoms. The summed E-state index contributed by atoms with van der Waals surface area (Å²) < 4.78 is 11.1. The van der Waals surface area contributed by atoms with Gasteiger partial charge in [-0.1, -0.05) is 0 Å². The van der Waals surface area contributed by atoms with Gasteiger partial charge < -0.3 is 25.0 Å². The topological polar surface area (TPSA) is 92.8 Å². The number of ether oxygens (including phenoxy) is 2. The number of fused-ring (bicyclic) bond motifs is 1. The normalized spacial score (nSPS) is 15.9. The van der Waals surface area contributed by atoms with Crippen molar-refractivity contribution in [1.29, 1.82) is 0 Å². The maximum Gasteiger partial charge on any atom is 0.225 e. The van der Waals surface area contributed by atoms with Gasteiger partial charge >= 0.3 is 0 Å². The summed E-state index contributed by atoms with van der Waals surface area (Å²) in [5.74, 6) is 1.27. The van der Waals surface area contributed by atoms with Crippen molar-refractivity contribution in [3.05, 3.63) is 42.1 Å². The fourth-order valence-electron chi connectivity index (χ4n) is 3.55. The lowest BCUT2D eigenvalue weighted by atomic mass is 10.0. The molecular formula is C22H26N4O4. The lowest BCUT2D eigenvalue weighted by Crippen LogP contribution is -2.36. The molecular weight excluding hydrogens is 384 g/mol. The van der Waals surface area contributed by atoms with Gasteiger partial charge in [0, 0.05) is 31.6 Å². The average molecular weight is 410 g/mol. The molecule has 2 amide bonds. The summed E-state index contributed by atoms with van der Waals surface area (Å²) in [6, 6.07) is 9.44. The van der Waals surface area contributed by atoms with Crippen LogP contribution in [0.15, 0.2) is 36.5 Å². The van der Waals surface area contributed by atoms with Crippen molar-refractivity contribution in [2.24, 2.45) is 0 Å². The van der Waals surface area contributed by atoms with Crippen molar-refractivity contribution < 1.29 is 19.1 Å². The van der Waals surface area contributed by atoms with Crippen LogP contribution in [0.5, 0.6) is 5.75 Å². The minimum atomic E-state index is -0.0848. The highest BCUT2D eigenvalue weighted by Gasteiger charge is 2.15. The Hall–Kier alpha value is -3.13. The molecule has 0 saturated carbocycles. The largest absolute Gasteiger partial charge is 0.494 e. The molecule has 0 bridgehead atoms. The van der Waals surface area contributed by atoms with Gasteiger partial charge in [0.05, 0.1) is 31.7 Å². The first-order chi connectivity index (χ1) is 14.7. The van der Waals surface area contributed by atoms with Crippen LogP contribution >= 0.6 is 0 Å². The van der Waals surface area contributed by atoms with E-state index in [0.29, 0.717) is 31.7 Å². The van der Waals surface area contributed by atoms with Gasteiger partial charge in [0.25, 0.3) is 0 Å². The van der Waals surface area contributed by atoms with Gasteiger partial charge in [0.15, 0.2) is 0 Å². The highest BCUT2D eigenvalue weighted by molar-refractivity contribution is 5.94. The standard InChI is InChI=1S/C22H26N4O4/c27-21(25-20-7-4-17(15-23-20)26-9-12-29-13-10-26)2-1-11-30-18-5-6-19-16(14-18)3-8-22(28)24-19/h4-7,14-15H,1-3,8-13H2,(H,24,28)(H,23,25,27). The van der Waals surface area contributed by atoms with E-state index >= 15 is 0 Å². The van der Waals surface area contributed by atoms with Crippen LogP contribution in [0.1, 0.15) is 24.8 Å². The zero-order valence-electron chi connectivity index (χ0n) is 16.9. The zero-order chi connectivity index (χ0) is 20.8. The molecule has 1 aromatic heterocycles. The molecule has 1 fully saturated rings. The number of rotatable bonds is 7. The number of benzene rings is 1. The van der Waals surface area contributed by atoms with E-state index in [0.717, 1.165) is 55.4 Å². The number of amides is 2. The Labute approximate surface area is 175 Å². The smallest absolute Gasteiger partial charge is 0.225 e. The molecule has 8 heteroatoms. The second-order valence-electron chi connectivity index (χ2n) is 7.37. The first kappa shape index (κ1) is 20.2. The van der Waals surface area contributed by atoms with Crippen LogP contribution in [0.3, 0.4) is 0 Å². The van der Waals surface area contributed by atoms with Crippen LogP contribution in [0.2, 0.25) is 0 Å². The van der Waals surface area contributed by atoms with Crippen LogP contribution in [0.25, 0.3) is 0 Å². The minimum Gasteiger partial charge on any atom is -0.494 e. The maximum absolute atomic E-state index is 12.2. The summed E-state index contributed by atoms with van der Waals surface area (Å²) in [5, 5.41) is 5.68. The molecule has 2 N–H and O–H groups in total. The Morgan fingerprint density at radius 1 is 1.20 bits per heavy atom. The quantitative estimate of drug-likeness (QED) is 0.682. The molecule has 1 saturated heterocycles. The Balaban J connectivity index is 1.18. The molecule has 1 aromatic carbocycles. The van der Waals surface area contributed by atoms with Crippen LogP contribution in [0, 0.1) is 0 Å². The Bertz CT molecular complexity index is 895. The van der Waals surface area contributed by atoms with Crippen molar-refractivity contribution in [2.45, 2.75) is 25.7 Å². The van der Waals surface area contributed by atoms with Gasteiger partial charge in [0.2, 0.25) is 11.8 Å². The van der Waals surface area contributed by atoms with Gasteiger partial charge in [-0.3, -0.25) is 9.59 Å².